The first-order valence-electron chi connectivity index (χ1n) is 6.50. The molecule has 0 saturated carbocycles. The van der Waals surface area contributed by atoms with Gasteiger partial charge in [-0.3, -0.25) is 4.90 Å². The van der Waals surface area contributed by atoms with Crippen LogP contribution in [0.15, 0.2) is 34.9 Å². The lowest BCUT2D eigenvalue weighted by molar-refractivity contribution is -0.0326. The van der Waals surface area contributed by atoms with Crippen molar-refractivity contribution in [3.8, 4) is 0 Å². The van der Waals surface area contributed by atoms with Gasteiger partial charge in [0.15, 0.2) is 5.13 Å². The quantitative estimate of drug-likeness (QED) is 0.871. The molecule has 2 heterocycles. The third-order valence-corrected chi connectivity index (χ3v) is 4.68. The first kappa shape index (κ1) is 16.7. The summed E-state index contributed by atoms with van der Waals surface area (Å²) in [4.78, 5) is 7.70. The van der Waals surface area contributed by atoms with Gasteiger partial charge in [-0.05, 0) is 17.7 Å². The number of nitrogens with zero attached hydrogens (tertiary/aromatic N) is 2. The predicted molar refractivity (Wildman–Crippen MR) is 91.9 cm³/mol. The van der Waals surface area contributed by atoms with Crippen LogP contribution in [0.1, 0.15) is 16.5 Å². The zero-order chi connectivity index (χ0) is 13.9. The van der Waals surface area contributed by atoms with E-state index in [1.807, 2.05) is 6.20 Å². The van der Waals surface area contributed by atoms with Crippen molar-refractivity contribution in [1.29, 1.82) is 0 Å². The molecule has 7 heteroatoms. The third kappa shape index (κ3) is 4.40. The highest BCUT2D eigenvalue weighted by atomic mass is 79.9. The fourth-order valence-corrected chi connectivity index (χ4v) is 3.33. The Morgan fingerprint density at radius 3 is 2.81 bits per heavy atom. The Bertz CT molecular complexity index is 578. The van der Waals surface area contributed by atoms with Gasteiger partial charge in [-0.15, -0.1) is 23.7 Å². The van der Waals surface area contributed by atoms with E-state index < -0.39 is 0 Å². The minimum absolute atomic E-state index is 0. The Balaban J connectivity index is 0.00000161. The highest BCUT2D eigenvalue weighted by Crippen LogP contribution is 2.25. The number of halogens is 2. The van der Waals surface area contributed by atoms with Crippen LogP contribution < -0.4 is 5.73 Å². The highest BCUT2D eigenvalue weighted by molar-refractivity contribution is 9.10. The average molecular weight is 391 g/mol. The lowest BCUT2D eigenvalue weighted by atomic mass is 10.1. The van der Waals surface area contributed by atoms with Gasteiger partial charge in [-0.2, -0.15) is 0 Å². The van der Waals surface area contributed by atoms with Gasteiger partial charge in [0.2, 0.25) is 0 Å². The largest absolute Gasteiger partial charge is 0.375 e. The summed E-state index contributed by atoms with van der Waals surface area (Å²) in [6.07, 6.45) is 2.01. The molecule has 114 valence electrons. The number of aromatic nitrogens is 1. The zero-order valence-corrected chi connectivity index (χ0v) is 14.6. The standard InChI is InChI=1S/C14H16BrN3OS.ClH/c15-11-3-1-10(2-4-11)13-9-18(5-6-19-13)8-12-7-17-14(16)20-12;/h1-4,7,13H,5-6,8-9H2,(H2,16,17);1H. The number of thiazole rings is 1. The number of morpholine rings is 1. The number of hydrogen-bond acceptors (Lipinski definition) is 5. The van der Waals surface area contributed by atoms with Crippen molar-refractivity contribution in [2.45, 2.75) is 12.6 Å². The number of rotatable bonds is 3. The maximum atomic E-state index is 5.88. The first-order valence-corrected chi connectivity index (χ1v) is 8.11. The van der Waals surface area contributed by atoms with E-state index in [2.05, 4.69) is 50.1 Å². The van der Waals surface area contributed by atoms with Gasteiger partial charge in [-0.25, -0.2) is 4.98 Å². The van der Waals surface area contributed by atoms with Gasteiger partial charge >= 0.3 is 0 Å². The molecule has 1 atom stereocenters. The molecule has 0 radical (unpaired) electrons. The molecule has 21 heavy (non-hydrogen) atoms. The molecule has 0 spiro atoms. The molecule has 1 aromatic heterocycles. The monoisotopic (exact) mass is 389 g/mol. The Morgan fingerprint density at radius 1 is 1.38 bits per heavy atom. The molecule has 0 aliphatic carbocycles. The predicted octanol–water partition coefficient (Wildman–Crippen LogP) is 3.48. The molecule has 1 fully saturated rings. The van der Waals surface area contributed by atoms with Crippen molar-refractivity contribution in [2.75, 3.05) is 25.4 Å². The lowest BCUT2D eigenvalue weighted by Crippen LogP contribution is -2.37. The van der Waals surface area contributed by atoms with Crippen molar-refractivity contribution in [3.63, 3.8) is 0 Å². The highest BCUT2D eigenvalue weighted by Gasteiger charge is 2.22. The van der Waals surface area contributed by atoms with Crippen molar-refractivity contribution >= 4 is 44.8 Å². The van der Waals surface area contributed by atoms with Crippen LogP contribution in [0.4, 0.5) is 5.13 Å². The van der Waals surface area contributed by atoms with E-state index in [-0.39, 0.29) is 18.5 Å². The maximum Gasteiger partial charge on any atom is 0.180 e. The number of hydrogen-bond donors (Lipinski definition) is 1. The molecule has 1 saturated heterocycles. The van der Waals surface area contributed by atoms with Crippen LogP contribution in [0.3, 0.4) is 0 Å². The molecule has 1 aromatic carbocycles. The van der Waals surface area contributed by atoms with E-state index >= 15 is 0 Å². The summed E-state index contributed by atoms with van der Waals surface area (Å²) in [5.41, 5.74) is 6.90. The van der Waals surface area contributed by atoms with Crippen LogP contribution in [-0.4, -0.2) is 29.6 Å². The van der Waals surface area contributed by atoms with E-state index in [0.29, 0.717) is 5.13 Å². The van der Waals surface area contributed by atoms with E-state index in [9.17, 15) is 0 Å². The molecule has 0 bridgehead atoms. The Labute approximate surface area is 142 Å². The van der Waals surface area contributed by atoms with Crippen LogP contribution in [0, 0.1) is 0 Å². The maximum absolute atomic E-state index is 5.88. The van der Waals surface area contributed by atoms with Gasteiger partial charge in [-0.1, -0.05) is 28.1 Å². The molecular weight excluding hydrogens is 374 g/mol. The number of ether oxygens (including phenoxy) is 1. The Hall–Kier alpha value is -0.660. The smallest absolute Gasteiger partial charge is 0.180 e. The SMILES string of the molecule is Cl.Nc1ncc(CN2CCOC(c3ccc(Br)cc3)C2)s1. The summed E-state index contributed by atoms with van der Waals surface area (Å²) in [5, 5.41) is 0.637. The number of nitrogen functional groups attached to an aromatic ring is 1. The summed E-state index contributed by atoms with van der Waals surface area (Å²) in [6.45, 7) is 3.50. The number of anilines is 1. The van der Waals surface area contributed by atoms with Crippen molar-refractivity contribution in [2.24, 2.45) is 0 Å². The summed E-state index contributed by atoms with van der Waals surface area (Å²) in [7, 11) is 0. The summed E-state index contributed by atoms with van der Waals surface area (Å²) in [5.74, 6) is 0. The number of benzene rings is 1. The minimum Gasteiger partial charge on any atom is -0.375 e. The molecule has 2 N–H and O–H groups in total. The molecule has 1 aliphatic heterocycles. The fourth-order valence-electron chi connectivity index (χ4n) is 2.34. The van der Waals surface area contributed by atoms with E-state index in [1.165, 1.54) is 10.4 Å². The Kier molecular flexibility index (Phi) is 6.01. The zero-order valence-electron chi connectivity index (χ0n) is 11.4. The van der Waals surface area contributed by atoms with Gasteiger partial charge in [0.25, 0.3) is 0 Å². The second-order valence-corrected chi connectivity index (χ2v) is 6.87. The van der Waals surface area contributed by atoms with E-state index in [1.54, 1.807) is 11.3 Å². The van der Waals surface area contributed by atoms with Crippen LogP contribution in [-0.2, 0) is 11.3 Å². The normalized spacial score (nSPS) is 19.2. The minimum atomic E-state index is 0. The Morgan fingerprint density at radius 2 is 2.14 bits per heavy atom. The summed E-state index contributed by atoms with van der Waals surface area (Å²) >= 11 is 5.02. The van der Waals surface area contributed by atoms with Crippen molar-refractivity contribution < 1.29 is 4.74 Å². The molecule has 2 aromatic rings. The fraction of sp³-hybridized carbons (Fsp3) is 0.357. The summed E-state index contributed by atoms with van der Waals surface area (Å²) in [6, 6.07) is 8.34. The topological polar surface area (TPSA) is 51.4 Å². The molecule has 0 amide bonds. The van der Waals surface area contributed by atoms with Crippen LogP contribution >= 0.6 is 39.7 Å². The van der Waals surface area contributed by atoms with Crippen LogP contribution in [0.5, 0.6) is 0 Å². The summed E-state index contributed by atoms with van der Waals surface area (Å²) < 4.78 is 6.97. The van der Waals surface area contributed by atoms with Crippen molar-refractivity contribution in [3.05, 3.63) is 45.4 Å². The molecular formula is C14H17BrClN3OS. The second-order valence-electron chi connectivity index (χ2n) is 4.81. The molecule has 1 unspecified atom stereocenters. The van der Waals surface area contributed by atoms with Gasteiger partial charge in [0.05, 0.1) is 12.7 Å². The third-order valence-electron chi connectivity index (χ3n) is 3.34. The lowest BCUT2D eigenvalue weighted by Gasteiger charge is -2.32. The van der Waals surface area contributed by atoms with Gasteiger partial charge < -0.3 is 10.5 Å². The first-order chi connectivity index (χ1) is 9.70. The van der Waals surface area contributed by atoms with Crippen LogP contribution in [0.2, 0.25) is 0 Å². The van der Waals surface area contributed by atoms with E-state index in [4.69, 9.17) is 10.5 Å². The second kappa shape index (κ2) is 7.56. The number of nitrogens with two attached hydrogens (primary N) is 1. The average Bonchev–Trinajstić information content (AvgIpc) is 2.85. The van der Waals surface area contributed by atoms with Gasteiger partial charge in [0, 0.05) is 35.2 Å². The molecule has 3 rings (SSSR count). The van der Waals surface area contributed by atoms with Crippen molar-refractivity contribution in [1.82, 2.24) is 9.88 Å². The van der Waals surface area contributed by atoms with E-state index in [0.717, 1.165) is 30.7 Å². The molecule has 4 nitrogen and oxygen atoms in total. The van der Waals surface area contributed by atoms with Gasteiger partial charge in [0.1, 0.15) is 0 Å². The molecule has 1 aliphatic rings. The van der Waals surface area contributed by atoms with Crippen LogP contribution in [0.25, 0.3) is 0 Å².